The highest BCUT2D eigenvalue weighted by molar-refractivity contribution is 7.80. The van der Waals surface area contributed by atoms with Crippen molar-refractivity contribution in [2.24, 2.45) is 5.92 Å². The number of nitrogens with one attached hydrogen (secondary N) is 1. The maximum atomic E-state index is 12.1. The molecule has 1 amide bonds. The molecule has 1 aromatic rings. The summed E-state index contributed by atoms with van der Waals surface area (Å²) >= 11 is 4.31. The third kappa shape index (κ3) is 3.27. The van der Waals surface area contributed by atoms with Gasteiger partial charge in [-0.3, -0.25) is 4.79 Å². The van der Waals surface area contributed by atoms with Crippen molar-refractivity contribution in [3.05, 3.63) is 29.8 Å². The fourth-order valence-electron chi connectivity index (χ4n) is 2.28. The van der Waals surface area contributed by atoms with Crippen molar-refractivity contribution in [1.29, 1.82) is 0 Å². The summed E-state index contributed by atoms with van der Waals surface area (Å²) in [5, 5.41) is 3.06. The van der Waals surface area contributed by atoms with Crippen LogP contribution in [0.1, 0.15) is 30.1 Å². The lowest BCUT2D eigenvalue weighted by atomic mass is 9.93. The maximum absolute atomic E-state index is 12.1. The van der Waals surface area contributed by atoms with E-state index in [1.54, 1.807) is 6.07 Å². The molecule has 1 atom stereocenters. The van der Waals surface area contributed by atoms with Crippen LogP contribution in [0.2, 0.25) is 0 Å². The standard InChI is InChI=1S/C14H19NO2S/c1-10(11-6-8-17-9-7-11)15-14(16)12-4-2-3-5-13(12)18/h2-5,10-11,18H,6-9H2,1H3,(H,15,16). The molecule has 3 nitrogen and oxygen atoms in total. The van der Waals surface area contributed by atoms with Crippen molar-refractivity contribution in [3.63, 3.8) is 0 Å². The first-order valence-corrected chi connectivity index (χ1v) is 6.80. The van der Waals surface area contributed by atoms with Crippen LogP contribution in [0.3, 0.4) is 0 Å². The van der Waals surface area contributed by atoms with Gasteiger partial charge in [0.15, 0.2) is 0 Å². The monoisotopic (exact) mass is 265 g/mol. The fourth-order valence-corrected chi connectivity index (χ4v) is 2.55. The van der Waals surface area contributed by atoms with Crippen LogP contribution in [0.15, 0.2) is 29.2 Å². The Morgan fingerprint density at radius 3 is 2.72 bits per heavy atom. The minimum Gasteiger partial charge on any atom is -0.381 e. The molecule has 0 saturated carbocycles. The van der Waals surface area contributed by atoms with Crippen LogP contribution in [0, 0.1) is 5.92 Å². The van der Waals surface area contributed by atoms with Gasteiger partial charge in [-0.05, 0) is 37.8 Å². The summed E-state index contributed by atoms with van der Waals surface area (Å²) in [7, 11) is 0. The summed E-state index contributed by atoms with van der Waals surface area (Å²) in [5.74, 6) is 0.467. The molecular weight excluding hydrogens is 246 g/mol. The number of benzene rings is 1. The number of amides is 1. The molecule has 2 rings (SSSR count). The number of carbonyl (C=O) groups is 1. The highest BCUT2D eigenvalue weighted by Crippen LogP contribution is 2.19. The van der Waals surface area contributed by atoms with Gasteiger partial charge in [0.05, 0.1) is 5.56 Å². The van der Waals surface area contributed by atoms with E-state index in [1.165, 1.54) is 0 Å². The van der Waals surface area contributed by atoms with Crippen molar-refractivity contribution in [2.45, 2.75) is 30.7 Å². The number of ether oxygens (including phenoxy) is 1. The summed E-state index contributed by atoms with van der Waals surface area (Å²) < 4.78 is 5.33. The average Bonchev–Trinajstić information content (AvgIpc) is 2.40. The Morgan fingerprint density at radius 2 is 2.06 bits per heavy atom. The topological polar surface area (TPSA) is 38.3 Å². The average molecular weight is 265 g/mol. The van der Waals surface area contributed by atoms with Gasteiger partial charge in [-0.2, -0.15) is 0 Å². The van der Waals surface area contributed by atoms with Crippen LogP contribution in [-0.2, 0) is 4.74 Å². The zero-order valence-electron chi connectivity index (χ0n) is 10.6. The van der Waals surface area contributed by atoms with E-state index in [2.05, 4.69) is 24.9 Å². The maximum Gasteiger partial charge on any atom is 0.252 e. The lowest BCUT2D eigenvalue weighted by molar-refractivity contribution is 0.0538. The van der Waals surface area contributed by atoms with E-state index in [-0.39, 0.29) is 11.9 Å². The van der Waals surface area contributed by atoms with Gasteiger partial charge in [0.2, 0.25) is 0 Å². The number of hydrogen-bond acceptors (Lipinski definition) is 3. The SMILES string of the molecule is CC(NC(=O)c1ccccc1S)C1CCOCC1. The molecule has 1 unspecified atom stereocenters. The van der Waals surface area contributed by atoms with E-state index in [0.29, 0.717) is 16.4 Å². The Labute approximate surface area is 113 Å². The quantitative estimate of drug-likeness (QED) is 0.824. The summed E-state index contributed by atoms with van der Waals surface area (Å²) in [6.07, 6.45) is 2.04. The molecule has 1 aromatic carbocycles. The van der Waals surface area contributed by atoms with Crippen molar-refractivity contribution < 1.29 is 9.53 Å². The summed E-state index contributed by atoms with van der Waals surface area (Å²) in [6.45, 7) is 3.66. The molecule has 1 saturated heterocycles. The molecule has 0 aromatic heterocycles. The van der Waals surface area contributed by atoms with Crippen LogP contribution in [0.4, 0.5) is 0 Å². The molecule has 0 spiro atoms. The van der Waals surface area contributed by atoms with Gasteiger partial charge in [-0.15, -0.1) is 12.6 Å². The third-order valence-electron chi connectivity index (χ3n) is 3.48. The van der Waals surface area contributed by atoms with E-state index in [9.17, 15) is 4.79 Å². The molecule has 98 valence electrons. The van der Waals surface area contributed by atoms with Gasteiger partial charge < -0.3 is 10.1 Å². The lowest BCUT2D eigenvalue weighted by Gasteiger charge is -2.28. The second kappa shape index (κ2) is 6.25. The second-order valence-corrected chi connectivity index (χ2v) is 5.21. The van der Waals surface area contributed by atoms with Crippen molar-refractivity contribution in [3.8, 4) is 0 Å². The van der Waals surface area contributed by atoms with Crippen LogP contribution < -0.4 is 5.32 Å². The van der Waals surface area contributed by atoms with Crippen LogP contribution >= 0.6 is 12.6 Å². The van der Waals surface area contributed by atoms with Gasteiger partial charge in [0.25, 0.3) is 5.91 Å². The summed E-state index contributed by atoms with van der Waals surface area (Å²) in [4.78, 5) is 12.8. The molecule has 0 aliphatic carbocycles. The zero-order valence-corrected chi connectivity index (χ0v) is 11.5. The van der Waals surface area contributed by atoms with E-state index in [4.69, 9.17) is 4.74 Å². The number of carbonyl (C=O) groups excluding carboxylic acids is 1. The number of thiol groups is 1. The van der Waals surface area contributed by atoms with Gasteiger partial charge in [0.1, 0.15) is 0 Å². The smallest absolute Gasteiger partial charge is 0.252 e. The molecule has 4 heteroatoms. The molecule has 1 heterocycles. The van der Waals surface area contributed by atoms with E-state index < -0.39 is 0 Å². The zero-order chi connectivity index (χ0) is 13.0. The Kier molecular flexibility index (Phi) is 4.66. The van der Waals surface area contributed by atoms with Crippen LogP contribution in [0.25, 0.3) is 0 Å². The highest BCUT2D eigenvalue weighted by Gasteiger charge is 2.22. The molecule has 1 aliphatic rings. The molecule has 0 bridgehead atoms. The van der Waals surface area contributed by atoms with Crippen LogP contribution in [0.5, 0.6) is 0 Å². The molecule has 1 fully saturated rings. The van der Waals surface area contributed by atoms with Crippen molar-refractivity contribution in [2.75, 3.05) is 13.2 Å². The Morgan fingerprint density at radius 1 is 1.39 bits per heavy atom. The molecule has 1 aliphatic heterocycles. The predicted molar refractivity (Wildman–Crippen MR) is 74.2 cm³/mol. The summed E-state index contributed by atoms with van der Waals surface area (Å²) in [5.41, 5.74) is 0.639. The van der Waals surface area contributed by atoms with E-state index in [1.807, 2.05) is 18.2 Å². The van der Waals surface area contributed by atoms with E-state index >= 15 is 0 Å². The van der Waals surface area contributed by atoms with Gasteiger partial charge in [-0.1, -0.05) is 12.1 Å². The van der Waals surface area contributed by atoms with Gasteiger partial charge >= 0.3 is 0 Å². The van der Waals surface area contributed by atoms with E-state index in [0.717, 1.165) is 26.1 Å². The minimum absolute atomic E-state index is 0.0420. The minimum atomic E-state index is -0.0420. The van der Waals surface area contributed by atoms with Crippen LogP contribution in [-0.4, -0.2) is 25.2 Å². The Hall–Kier alpha value is -1.00. The lowest BCUT2D eigenvalue weighted by Crippen LogP contribution is -2.40. The molecular formula is C14H19NO2S. The second-order valence-electron chi connectivity index (χ2n) is 4.73. The number of rotatable bonds is 3. The highest BCUT2D eigenvalue weighted by atomic mass is 32.1. The largest absolute Gasteiger partial charge is 0.381 e. The summed E-state index contributed by atoms with van der Waals surface area (Å²) in [6, 6.07) is 7.54. The molecule has 18 heavy (non-hydrogen) atoms. The van der Waals surface area contributed by atoms with Crippen molar-refractivity contribution >= 4 is 18.5 Å². The molecule has 0 radical (unpaired) electrons. The number of hydrogen-bond donors (Lipinski definition) is 2. The molecule has 1 N–H and O–H groups in total. The third-order valence-corrected chi connectivity index (χ3v) is 3.87. The first-order valence-electron chi connectivity index (χ1n) is 6.35. The Balaban J connectivity index is 1.96. The first-order chi connectivity index (χ1) is 8.68. The Bertz CT molecular complexity index is 416. The normalized spacial score (nSPS) is 18.3. The van der Waals surface area contributed by atoms with Gasteiger partial charge in [-0.25, -0.2) is 0 Å². The van der Waals surface area contributed by atoms with Gasteiger partial charge in [0, 0.05) is 24.2 Å². The van der Waals surface area contributed by atoms with Crippen molar-refractivity contribution in [1.82, 2.24) is 5.32 Å². The first kappa shape index (κ1) is 13.4. The fraction of sp³-hybridized carbons (Fsp3) is 0.500. The predicted octanol–water partition coefficient (Wildman–Crippen LogP) is 2.52.